The summed E-state index contributed by atoms with van der Waals surface area (Å²) in [5, 5.41) is 4.12. The summed E-state index contributed by atoms with van der Waals surface area (Å²) >= 11 is 0. The lowest BCUT2D eigenvalue weighted by atomic mass is 10.1. The average Bonchev–Trinajstić information content (AvgIpc) is 3.08. The van der Waals surface area contributed by atoms with Gasteiger partial charge in [-0.3, -0.25) is 0 Å². The van der Waals surface area contributed by atoms with E-state index in [1.54, 1.807) is 28.9 Å². The molecule has 0 bridgehead atoms. The van der Waals surface area contributed by atoms with Crippen molar-refractivity contribution in [1.29, 1.82) is 0 Å². The number of aryl methyl sites for hydroxylation is 1. The van der Waals surface area contributed by atoms with Gasteiger partial charge in [-0.15, -0.1) is 0 Å². The first-order chi connectivity index (χ1) is 14.0. The Morgan fingerprint density at radius 2 is 1.93 bits per heavy atom. The van der Waals surface area contributed by atoms with Gasteiger partial charge in [0.05, 0.1) is 11.4 Å². The van der Waals surface area contributed by atoms with Crippen molar-refractivity contribution < 1.29 is 8.78 Å². The largest absolute Gasteiger partial charge is 0.369 e. The van der Waals surface area contributed by atoms with Gasteiger partial charge in [-0.05, 0) is 38.1 Å². The van der Waals surface area contributed by atoms with Crippen LogP contribution < -0.4 is 10.2 Å². The van der Waals surface area contributed by atoms with Crippen molar-refractivity contribution in [3.05, 3.63) is 60.1 Å². The maximum atomic E-state index is 14.9. The van der Waals surface area contributed by atoms with Crippen LogP contribution in [0.4, 0.5) is 14.5 Å². The third-order valence-corrected chi connectivity index (χ3v) is 5.39. The number of hydrogen-bond acceptors (Lipinski definition) is 4. The molecule has 4 heterocycles. The lowest BCUT2D eigenvalue weighted by molar-refractivity contribution is 0.484. The zero-order valence-electron chi connectivity index (χ0n) is 16.3. The predicted molar refractivity (Wildman–Crippen MR) is 110 cm³/mol. The fourth-order valence-corrected chi connectivity index (χ4v) is 4.01. The van der Waals surface area contributed by atoms with Crippen molar-refractivity contribution in [3.8, 4) is 11.3 Å². The molecule has 148 valence electrons. The molecule has 3 aromatic heterocycles. The Morgan fingerprint density at radius 3 is 2.76 bits per heavy atom. The van der Waals surface area contributed by atoms with E-state index in [0.717, 1.165) is 36.4 Å². The first-order valence-electron chi connectivity index (χ1n) is 9.72. The molecular formula is C22H21F2N5. The Balaban J connectivity index is 1.57. The Labute approximate surface area is 167 Å². The average molecular weight is 393 g/mol. The molecule has 29 heavy (non-hydrogen) atoms. The van der Waals surface area contributed by atoms with E-state index in [4.69, 9.17) is 0 Å². The smallest absolute Gasteiger partial charge is 0.173 e. The zero-order valence-corrected chi connectivity index (χ0v) is 16.3. The molecule has 5 nitrogen and oxygen atoms in total. The minimum atomic E-state index is -0.429. The van der Waals surface area contributed by atoms with Gasteiger partial charge in [-0.1, -0.05) is 6.07 Å². The zero-order chi connectivity index (χ0) is 20.1. The fraction of sp³-hybridized carbons (Fsp3) is 0.273. The Hall–Kier alpha value is -3.06. The predicted octanol–water partition coefficient (Wildman–Crippen LogP) is 3.93. The Morgan fingerprint density at radius 1 is 1.07 bits per heavy atom. The molecule has 1 aliphatic heterocycles. The molecule has 0 aliphatic carbocycles. The molecule has 0 amide bonds. The molecule has 1 aliphatic rings. The molecule has 1 saturated heterocycles. The number of pyridine rings is 2. The molecule has 4 aromatic rings. The number of benzene rings is 1. The second-order valence-electron chi connectivity index (χ2n) is 7.69. The van der Waals surface area contributed by atoms with Crippen LogP contribution in [-0.2, 0) is 0 Å². The number of fused-ring (bicyclic) bond motifs is 2. The summed E-state index contributed by atoms with van der Waals surface area (Å²) in [6.07, 6.45) is 3.52. The highest BCUT2D eigenvalue weighted by Gasteiger charge is 2.18. The van der Waals surface area contributed by atoms with Crippen LogP contribution in [0.15, 0.2) is 42.7 Å². The lowest BCUT2D eigenvalue weighted by Gasteiger charge is -2.33. The number of hydrogen-bond donors (Lipinski definition) is 1. The van der Waals surface area contributed by atoms with Crippen LogP contribution in [0.3, 0.4) is 0 Å². The highest BCUT2D eigenvalue weighted by Crippen LogP contribution is 2.28. The number of anilines is 1. The van der Waals surface area contributed by atoms with Crippen molar-refractivity contribution in [2.24, 2.45) is 0 Å². The lowest BCUT2D eigenvalue weighted by Crippen LogP contribution is -2.49. The molecule has 7 heteroatoms. The van der Waals surface area contributed by atoms with E-state index in [0.29, 0.717) is 17.3 Å². The second kappa shape index (κ2) is 6.77. The van der Waals surface area contributed by atoms with E-state index in [2.05, 4.69) is 27.1 Å². The third-order valence-electron chi connectivity index (χ3n) is 5.39. The van der Waals surface area contributed by atoms with Gasteiger partial charge >= 0.3 is 0 Å². The maximum absolute atomic E-state index is 14.9. The normalized spacial score (nSPS) is 17.4. The van der Waals surface area contributed by atoms with Crippen LogP contribution in [0.2, 0.25) is 0 Å². The van der Waals surface area contributed by atoms with Crippen LogP contribution in [-0.4, -0.2) is 40.0 Å². The number of halogens is 2. The summed E-state index contributed by atoms with van der Waals surface area (Å²) in [5.74, 6) is -0.799. The van der Waals surface area contributed by atoms with Gasteiger partial charge in [0, 0.05) is 54.7 Å². The van der Waals surface area contributed by atoms with Gasteiger partial charge in [0.15, 0.2) is 17.3 Å². The van der Waals surface area contributed by atoms with Gasteiger partial charge in [-0.2, -0.15) is 0 Å². The van der Waals surface area contributed by atoms with Crippen LogP contribution >= 0.6 is 0 Å². The first-order valence-corrected chi connectivity index (χ1v) is 9.72. The Bertz CT molecular complexity index is 1230. The molecule has 5 rings (SSSR count). The molecular weight excluding hydrogens is 372 g/mol. The summed E-state index contributed by atoms with van der Waals surface area (Å²) in [4.78, 5) is 10.8. The van der Waals surface area contributed by atoms with Gasteiger partial charge in [-0.25, -0.2) is 18.7 Å². The van der Waals surface area contributed by atoms with Gasteiger partial charge < -0.3 is 14.6 Å². The first kappa shape index (κ1) is 18.0. The number of aromatic nitrogens is 3. The van der Waals surface area contributed by atoms with Gasteiger partial charge in [0.2, 0.25) is 0 Å². The number of rotatable bonds is 2. The van der Waals surface area contributed by atoms with Crippen molar-refractivity contribution >= 4 is 22.2 Å². The molecule has 1 unspecified atom stereocenters. The van der Waals surface area contributed by atoms with E-state index >= 15 is 0 Å². The van der Waals surface area contributed by atoms with Crippen molar-refractivity contribution in [2.45, 2.75) is 19.9 Å². The van der Waals surface area contributed by atoms with Crippen LogP contribution in [0.5, 0.6) is 0 Å². The van der Waals surface area contributed by atoms with E-state index in [9.17, 15) is 8.78 Å². The van der Waals surface area contributed by atoms with E-state index < -0.39 is 5.82 Å². The monoisotopic (exact) mass is 393 g/mol. The molecule has 0 spiro atoms. The molecule has 0 radical (unpaired) electrons. The van der Waals surface area contributed by atoms with Crippen molar-refractivity contribution in [3.63, 3.8) is 0 Å². The minimum absolute atomic E-state index is 0.271. The second-order valence-corrected chi connectivity index (χ2v) is 7.69. The molecule has 1 fully saturated rings. The maximum Gasteiger partial charge on any atom is 0.173 e. The topological polar surface area (TPSA) is 45.5 Å². The van der Waals surface area contributed by atoms with Crippen LogP contribution in [0, 0.1) is 18.6 Å². The van der Waals surface area contributed by atoms with Gasteiger partial charge in [0.1, 0.15) is 5.52 Å². The quantitative estimate of drug-likeness (QED) is 0.561. The fourth-order valence-electron chi connectivity index (χ4n) is 4.01. The summed E-state index contributed by atoms with van der Waals surface area (Å²) in [6, 6.07) is 8.91. The molecule has 0 saturated carbocycles. The highest BCUT2D eigenvalue weighted by molar-refractivity contribution is 5.85. The van der Waals surface area contributed by atoms with E-state index in [1.165, 1.54) is 6.07 Å². The Kier molecular flexibility index (Phi) is 4.20. The summed E-state index contributed by atoms with van der Waals surface area (Å²) < 4.78 is 31.0. The van der Waals surface area contributed by atoms with Crippen molar-refractivity contribution in [2.75, 3.05) is 24.5 Å². The SMILES string of the molecule is Cc1cn2cc(-c3ccc4cc(N5CCNC(C)C5)cc(F)c4n3)cc(F)c2n1. The molecule has 1 aromatic carbocycles. The van der Waals surface area contributed by atoms with E-state index in [1.807, 2.05) is 19.1 Å². The third kappa shape index (κ3) is 3.21. The summed E-state index contributed by atoms with van der Waals surface area (Å²) in [5.41, 5.74) is 3.25. The summed E-state index contributed by atoms with van der Waals surface area (Å²) in [7, 11) is 0. The standard InChI is InChI=1S/C22H21F2N5/c1-13-10-28(6-5-25-13)17-7-15-3-4-20(27-21(15)18(23)9-17)16-8-19(24)22-26-14(2)11-29(22)12-16/h3-4,7-9,11-13,25H,5-6,10H2,1-2H3. The van der Waals surface area contributed by atoms with Crippen molar-refractivity contribution in [1.82, 2.24) is 19.7 Å². The van der Waals surface area contributed by atoms with E-state index in [-0.39, 0.29) is 17.0 Å². The number of nitrogens with one attached hydrogen (secondary N) is 1. The number of piperazine rings is 1. The number of imidazole rings is 1. The highest BCUT2D eigenvalue weighted by atomic mass is 19.1. The van der Waals surface area contributed by atoms with Crippen LogP contribution in [0.1, 0.15) is 12.6 Å². The van der Waals surface area contributed by atoms with Gasteiger partial charge in [0.25, 0.3) is 0 Å². The van der Waals surface area contributed by atoms with Crippen LogP contribution in [0.25, 0.3) is 27.8 Å². The molecule has 1 atom stereocenters. The summed E-state index contributed by atoms with van der Waals surface area (Å²) in [6.45, 7) is 6.48. The molecule has 1 N–H and O–H groups in total. The minimum Gasteiger partial charge on any atom is -0.369 e. The number of nitrogens with zero attached hydrogens (tertiary/aromatic N) is 4.